The summed E-state index contributed by atoms with van der Waals surface area (Å²) in [5.74, 6) is 0. The lowest BCUT2D eigenvalue weighted by Gasteiger charge is -2.16. The molecule has 0 saturated carbocycles. The van der Waals surface area contributed by atoms with Gasteiger partial charge in [0.25, 0.3) is 0 Å². The van der Waals surface area contributed by atoms with Crippen molar-refractivity contribution in [1.29, 1.82) is 5.26 Å². The topological polar surface area (TPSA) is 111 Å². The Morgan fingerprint density at radius 2 is 1.71 bits per heavy atom. The number of hydrogen-bond donors (Lipinski definition) is 1. The molecule has 1 atom stereocenters. The number of alkyl halides is 3. The van der Waals surface area contributed by atoms with E-state index in [2.05, 4.69) is 15.4 Å². The van der Waals surface area contributed by atoms with E-state index in [0.717, 1.165) is 26.8 Å². The molecule has 9 nitrogen and oxygen atoms in total. The molecule has 0 aliphatic heterocycles. The van der Waals surface area contributed by atoms with Gasteiger partial charge in [-0.15, -0.1) is 0 Å². The third kappa shape index (κ3) is 5.12. The number of benzene rings is 2. The van der Waals surface area contributed by atoms with Crippen molar-refractivity contribution < 1.29 is 18.0 Å². The smallest absolute Gasteiger partial charge is 0.331 e. The molecule has 2 aromatic carbocycles. The van der Waals surface area contributed by atoms with Gasteiger partial charge in [0, 0.05) is 12.4 Å². The van der Waals surface area contributed by atoms with Crippen LogP contribution in [0.5, 0.6) is 0 Å². The molecule has 206 valence electrons. The van der Waals surface area contributed by atoms with Crippen LogP contribution in [-0.4, -0.2) is 29.9 Å². The lowest BCUT2D eigenvalue weighted by molar-refractivity contribution is -0.137. The standard InChI is InChI=1S/C29H22F3N7O2/c1-18(21-10-13-34-14-11-21)36-27(40)38-26(25-12-15-35-39(25)23-8-6-20(17-33)7-9-23)19(2)37(28(38)41)24-5-3-4-22(16-24)29(30,31)32/h3-16,18H,1-2H3,(H,36,40)/t18-/m0/s1. The minimum absolute atomic E-state index is 0.0539. The predicted molar refractivity (Wildman–Crippen MR) is 144 cm³/mol. The maximum absolute atomic E-state index is 13.9. The first-order chi connectivity index (χ1) is 19.6. The van der Waals surface area contributed by atoms with Crippen LogP contribution in [-0.2, 0) is 6.18 Å². The summed E-state index contributed by atoms with van der Waals surface area (Å²) in [5, 5.41) is 16.3. The van der Waals surface area contributed by atoms with Gasteiger partial charge in [-0.25, -0.2) is 18.8 Å². The molecule has 0 saturated heterocycles. The normalized spacial score (nSPS) is 12.1. The monoisotopic (exact) mass is 557 g/mol. The van der Waals surface area contributed by atoms with Crippen molar-refractivity contribution in [3.05, 3.63) is 118 Å². The number of hydrogen-bond acceptors (Lipinski definition) is 5. The van der Waals surface area contributed by atoms with E-state index in [9.17, 15) is 22.8 Å². The minimum Gasteiger partial charge on any atom is -0.331 e. The van der Waals surface area contributed by atoms with Crippen molar-refractivity contribution in [1.82, 2.24) is 29.2 Å². The van der Waals surface area contributed by atoms with E-state index in [1.807, 2.05) is 6.07 Å². The van der Waals surface area contributed by atoms with Gasteiger partial charge >= 0.3 is 17.9 Å². The van der Waals surface area contributed by atoms with Gasteiger partial charge in [0.05, 0.1) is 52.2 Å². The van der Waals surface area contributed by atoms with E-state index in [4.69, 9.17) is 5.26 Å². The summed E-state index contributed by atoms with van der Waals surface area (Å²) in [5.41, 5.74) is 0.543. The zero-order chi connectivity index (χ0) is 29.3. The molecule has 0 fully saturated rings. The minimum atomic E-state index is -4.63. The van der Waals surface area contributed by atoms with E-state index in [1.165, 1.54) is 23.0 Å². The van der Waals surface area contributed by atoms with Gasteiger partial charge in [0.2, 0.25) is 0 Å². The van der Waals surface area contributed by atoms with E-state index < -0.39 is 29.5 Å². The average molecular weight is 558 g/mol. The van der Waals surface area contributed by atoms with Gasteiger partial charge in [-0.2, -0.15) is 23.5 Å². The van der Waals surface area contributed by atoms with Crippen molar-refractivity contribution in [2.24, 2.45) is 0 Å². The number of amides is 1. The SMILES string of the molecule is Cc1c(-c2ccnn2-c2ccc(C#N)cc2)n(C(=O)N[C@@H](C)c2ccncc2)c(=O)n1-c1cccc(C(F)(F)F)c1. The number of carbonyl (C=O) groups is 1. The predicted octanol–water partition coefficient (Wildman–Crippen LogP) is 5.40. The Morgan fingerprint density at radius 1 is 1.00 bits per heavy atom. The molecule has 12 heteroatoms. The third-order valence-electron chi connectivity index (χ3n) is 6.59. The number of halogens is 3. The zero-order valence-corrected chi connectivity index (χ0v) is 21.8. The first kappa shape index (κ1) is 27.1. The van der Waals surface area contributed by atoms with Crippen LogP contribution < -0.4 is 11.0 Å². The fourth-order valence-electron chi connectivity index (χ4n) is 4.57. The van der Waals surface area contributed by atoms with Crippen LogP contribution in [0.25, 0.3) is 22.8 Å². The van der Waals surface area contributed by atoms with E-state index in [-0.39, 0.29) is 17.1 Å². The lowest BCUT2D eigenvalue weighted by atomic mass is 10.1. The van der Waals surface area contributed by atoms with E-state index in [1.54, 1.807) is 68.7 Å². The molecule has 0 bridgehead atoms. The molecule has 0 aliphatic rings. The second-order valence-electron chi connectivity index (χ2n) is 9.17. The third-order valence-corrected chi connectivity index (χ3v) is 6.59. The van der Waals surface area contributed by atoms with Crippen molar-refractivity contribution in [3.8, 4) is 28.8 Å². The number of imidazole rings is 1. The molecule has 3 heterocycles. The molecule has 0 spiro atoms. The highest BCUT2D eigenvalue weighted by Gasteiger charge is 2.32. The molecule has 3 aromatic heterocycles. The fourth-order valence-corrected chi connectivity index (χ4v) is 4.57. The Bertz CT molecular complexity index is 1830. The van der Waals surface area contributed by atoms with Crippen molar-refractivity contribution in [2.75, 3.05) is 0 Å². The second kappa shape index (κ2) is 10.6. The number of carbonyl (C=O) groups excluding carboxylic acids is 1. The highest BCUT2D eigenvalue weighted by Crippen LogP contribution is 2.32. The molecule has 1 N–H and O–H groups in total. The Morgan fingerprint density at radius 3 is 2.37 bits per heavy atom. The number of nitriles is 1. The molecule has 0 unspecified atom stereocenters. The maximum atomic E-state index is 13.9. The summed E-state index contributed by atoms with van der Waals surface area (Å²) >= 11 is 0. The quantitative estimate of drug-likeness (QED) is 0.311. The van der Waals surface area contributed by atoms with Crippen molar-refractivity contribution >= 4 is 6.03 Å². The van der Waals surface area contributed by atoms with Gasteiger partial charge in [0.1, 0.15) is 5.69 Å². The van der Waals surface area contributed by atoms with Crippen LogP contribution in [0.3, 0.4) is 0 Å². The first-order valence-corrected chi connectivity index (χ1v) is 12.4. The molecule has 1 amide bonds. The summed E-state index contributed by atoms with van der Waals surface area (Å²) in [6.07, 6.45) is -0.0225. The largest absolute Gasteiger partial charge is 0.416 e. The number of nitrogens with zero attached hydrogens (tertiary/aromatic N) is 6. The highest BCUT2D eigenvalue weighted by atomic mass is 19.4. The zero-order valence-electron chi connectivity index (χ0n) is 21.8. The summed E-state index contributed by atoms with van der Waals surface area (Å²) in [6.45, 7) is 3.28. The molecular weight excluding hydrogens is 535 g/mol. The van der Waals surface area contributed by atoms with Crippen molar-refractivity contribution in [3.63, 3.8) is 0 Å². The number of pyridine rings is 1. The number of nitrogens with one attached hydrogen (secondary N) is 1. The van der Waals surface area contributed by atoms with Crippen LogP contribution in [0.15, 0.2) is 90.1 Å². The average Bonchev–Trinajstić information content (AvgIpc) is 3.54. The number of rotatable bonds is 5. The molecule has 0 aliphatic carbocycles. The van der Waals surface area contributed by atoms with Gasteiger partial charge in [-0.3, -0.25) is 9.55 Å². The van der Waals surface area contributed by atoms with Gasteiger partial charge < -0.3 is 5.32 Å². The summed E-state index contributed by atoms with van der Waals surface area (Å²) in [7, 11) is 0. The van der Waals surface area contributed by atoms with Crippen molar-refractivity contribution in [2.45, 2.75) is 26.1 Å². The van der Waals surface area contributed by atoms with E-state index in [0.29, 0.717) is 16.9 Å². The highest BCUT2D eigenvalue weighted by molar-refractivity contribution is 5.83. The first-order valence-electron chi connectivity index (χ1n) is 12.4. The summed E-state index contributed by atoms with van der Waals surface area (Å²) in [6, 6.07) is 16.6. The fraction of sp³-hybridized carbons (Fsp3) is 0.138. The number of aromatic nitrogens is 5. The molecule has 5 aromatic rings. The second-order valence-corrected chi connectivity index (χ2v) is 9.17. The van der Waals surface area contributed by atoms with Crippen LogP contribution in [0, 0.1) is 18.3 Å². The molecule has 5 rings (SSSR count). The lowest BCUT2D eigenvalue weighted by Crippen LogP contribution is -2.38. The van der Waals surface area contributed by atoms with E-state index >= 15 is 0 Å². The molecular formula is C29H22F3N7O2. The molecule has 41 heavy (non-hydrogen) atoms. The molecule has 0 radical (unpaired) electrons. The Labute approximate surface area is 231 Å². The van der Waals surface area contributed by atoms with Gasteiger partial charge in [-0.05, 0) is 80.1 Å². The van der Waals surface area contributed by atoms with Gasteiger partial charge in [0.15, 0.2) is 0 Å². The van der Waals surface area contributed by atoms with Gasteiger partial charge in [-0.1, -0.05) is 6.07 Å². The van der Waals surface area contributed by atoms with Crippen LogP contribution in [0.4, 0.5) is 18.0 Å². The summed E-state index contributed by atoms with van der Waals surface area (Å²) < 4.78 is 44.0. The summed E-state index contributed by atoms with van der Waals surface area (Å²) in [4.78, 5) is 31.5. The van der Waals surface area contributed by atoms with Crippen LogP contribution in [0.2, 0.25) is 0 Å². The van der Waals surface area contributed by atoms with Crippen LogP contribution in [0.1, 0.15) is 35.3 Å². The Kier molecular flexibility index (Phi) is 7.03. The maximum Gasteiger partial charge on any atom is 0.416 e. The Hall–Kier alpha value is -5.44. The van der Waals surface area contributed by atoms with Crippen LogP contribution >= 0.6 is 0 Å². The Balaban J connectivity index is 1.70.